The average Bonchev–Trinajstić information content (AvgIpc) is 3.32. The van der Waals surface area contributed by atoms with E-state index in [1.807, 2.05) is 48.7 Å². The van der Waals surface area contributed by atoms with Gasteiger partial charge >= 0.3 is 0 Å². The zero-order chi connectivity index (χ0) is 20.4. The van der Waals surface area contributed by atoms with Gasteiger partial charge in [0.15, 0.2) is 0 Å². The number of benzene rings is 2. The van der Waals surface area contributed by atoms with Gasteiger partial charge in [-0.2, -0.15) is 0 Å². The number of hydrogen-bond acceptors (Lipinski definition) is 5. The highest BCUT2D eigenvalue weighted by Gasteiger charge is 2.40. The van der Waals surface area contributed by atoms with E-state index in [9.17, 15) is 9.59 Å². The lowest BCUT2D eigenvalue weighted by atomic mass is 10.1. The summed E-state index contributed by atoms with van der Waals surface area (Å²) in [6.45, 7) is 2.39. The van der Waals surface area contributed by atoms with Crippen molar-refractivity contribution >= 4 is 56.0 Å². The van der Waals surface area contributed by atoms with Gasteiger partial charge in [-0.05, 0) is 54.8 Å². The molecule has 2 amide bonds. The zero-order valence-corrected chi connectivity index (χ0v) is 17.9. The number of nitrogens with one attached hydrogen (secondary N) is 1. The summed E-state index contributed by atoms with van der Waals surface area (Å²) in [5, 5.41) is 5.05. The Bertz CT molecular complexity index is 1090. The quantitative estimate of drug-likeness (QED) is 0.498. The molecule has 1 N–H and O–H groups in total. The molecule has 1 aromatic heterocycles. The topological polar surface area (TPSA) is 58.6 Å². The molecule has 2 aromatic carbocycles. The number of para-hydroxylation sites is 2. The van der Waals surface area contributed by atoms with Crippen molar-refractivity contribution in [3.63, 3.8) is 0 Å². The maximum absolute atomic E-state index is 13.3. The van der Waals surface area contributed by atoms with Gasteiger partial charge < -0.3 is 10.1 Å². The second-order valence-electron chi connectivity index (χ2n) is 6.20. The van der Waals surface area contributed by atoms with E-state index in [1.54, 1.807) is 24.3 Å². The molecule has 1 aliphatic rings. The summed E-state index contributed by atoms with van der Waals surface area (Å²) in [5.41, 5.74) is 1.76. The molecule has 146 valence electrons. The number of carbonyl (C=O) groups is 2. The number of ether oxygens (including phenoxy) is 1. The fourth-order valence-corrected chi connectivity index (χ4v) is 4.14. The van der Waals surface area contributed by atoms with Gasteiger partial charge in [-0.25, -0.2) is 4.90 Å². The van der Waals surface area contributed by atoms with Gasteiger partial charge in [0.1, 0.15) is 11.4 Å². The fraction of sp³-hybridized carbons (Fsp3) is 0.0909. The lowest BCUT2D eigenvalue weighted by Crippen LogP contribution is -2.32. The molecular formula is C22H17BrN2O3S. The SMILES string of the molecule is CCOc1ccccc1NC1=C(c2cccs2)C(=O)N(c2ccc(Br)cc2)C1=O. The molecule has 0 bridgehead atoms. The summed E-state index contributed by atoms with van der Waals surface area (Å²) in [5.74, 6) is -0.126. The van der Waals surface area contributed by atoms with Gasteiger partial charge in [0.05, 0.1) is 23.6 Å². The predicted molar refractivity (Wildman–Crippen MR) is 119 cm³/mol. The Labute approximate surface area is 180 Å². The number of imide groups is 1. The highest BCUT2D eigenvalue weighted by molar-refractivity contribution is 9.10. The van der Waals surface area contributed by atoms with Crippen LogP contribution in [-0.4, -0.2) is 18.4 Å². The van der Waals surface area contributed by atoms with Crippen molar-refractivity contribution in [1.29, 1.82) is 0 Å². The number of thiophene rings is 1. The molecule has 5 nitrogen and oxygen atoms in total. The van der Waals surface area contributed by atoms with Crippen molar-refractivity contribution in [1.82, 2.24) is 0 Å². The van der Waals surface area contributed by atoms with Gasteiger partial charge in [0, 0.05) is 9.35 Å². The summed E-state index contributed by atoms with van der Waals surface area (Å²) >= 11 is 4.80. The summed E-state index contributed by atoms with van der Waals surface area (Å²) in [6.07, 6.45) is 0. The van der Waals surface area contributed by atoms with E-state index in [0.717, 1.165) is 9.35 Å². The van der Waals surface area contributed by atoms with Crippen molar-refractivity contribution in [3.05, 3.63) is 81.1 Å². The third-order valence-corrected chi connectivity index (χ3v) is 5.80. The van der Waals surface area contributed by atoms with Crippen LogP contribution in [0.15, 0.2) is 76.2 Å². The van der Waals surface area contributed by atoms with E-state index in [2.05, 4.69) is 21.2 Å². The van der Waals surface area contributed by atoms with Gasteiger partial charge in [0.25, 0.3) is 11.8 Å². The number of hydrogen-bond donors (Lipinski definition) is 1. The second kappa shape index (κ2) is 8.23. The minimum absolute atomic E-state index is 0.243. The first kappa shape index (κ1) is 19.4. The van der Waals surface area contributed by atoms with Gasteiger partial charge in [-0.3, -0.25) is 9.59 Å². The van der Waals surface area contributed by atoms with Gasteiger partial charge in [-0.1, -0.05) is 34.1 Å². The Hall–Kier alpha value is -2.90. The Kier molecular flexibility index (Phi) is 5.51. The van der Waals surface area contributed by atoms with E-state index >= 15 is 0 Å². The number of nitrogens with zero attached hydrogens (tertiary/aromatic N) is 1. The van der Waals surface area contributed by atoms with Crippen LogP contribution in [0.5, 0.6) is 5.75 Å². The highest BCUT2D eigenvalue weighted by Crippen LogP contribution is 2.37. The first-order chi connectivity index (χ1) is 14.1. The molecule has 0 spiro atoms. The van der Waals surface area contributed by atoms with E-state index in [4.69, 9.17) is 4.74 Å². The predicted octanol–water partition coefficient (Wildman–Crippen LogP) is 5.31. The summed E-state index contributed by atoms with van der Waals surface area (Å²) in [6, 6.07) is 18.1. The molecule has 0 saturated carbocycles. The molecule has 0 aliphatic carbocycles. The molecule has 4 rings (SSSR count). The Morgan fingerprint density at radius 2 is 1.76 bits per heavy atom. The van der Waals surface area contributed by atoms with Crippen LogP contribution in [0.2, 0.25) is 0 Å². The third-order valence-electron chi connectivity index (χ3n) is 4.38. The summed E-state index contributed by atoms with van der Waals surface area (Å²) in [4.78, 5) is 28.5. The molecule has 0 radical (unpaired) electrons. The monoisotopic (exact) mass is 468 g/mol. The van der Waals surface area contributed by atoms with Crippen LogP contribution in [0.25, 0.3) is 5.57 Å². The van der Waals surface area contributed by atoms with E-state index in [-0.39, 0.29) is 11.6 Å². The lowest BCUT2D eigenvalue weighted by Gasteiger charge is -2.16. The van der Waals surface area contributed by atoms with Crippen LogP contribution in [0.1, 0.15) is 11.8 Å². The molecule has 0 unspecified atom stereocenters. The normalized spacial score (nSPS) is 13.9. The van der Waals surface area contributed by atoms with Crippen molar-refractivity contribution in [2.75, 3.05) is 16.8 Å². The van der Waals surface area contributed by atoms with Gasteiger partial charge in [-0.15, -0.1) is 11.3 Å². The molecule has 1 aliphatic heterocycles. The third kappa shape index (κ3) is 3.71. The maximum Gasteiger partial charge on any atom is 0.282 e. The van der Waals surface area contributed by atoms with E-state index in [0.29, 0.717) is 29.3 Å². The Balaban J connectivity index is 1.79. The first-order valence-corrected chi connectivity index (χ1v) is 10.7. The standard InChI is InChI=1S/C22H17BrN2O3S/c1-2-28-17-7-4-3-6-16(17)24-20-19(18-8-5-13-29-18)21(26)25(22(20)27)15-11-9-14(23)10-12-15/h3-13,24H,2H2,1H3. The smallest absolute Gasteiger partial charge is 0.282 e. The highest BCUT2D eigenvalue weighted by atomic mass is 79.9. The van der Waals surface area contributed by atoms with Crippen molar-refractivity contribution in [2.45, 2.75) is 6.92 Å². The second-order valence-corrected chi connectivity index (χ2v) is 8.07. The minimum Gasteiger partial charge on any atom is -0.492 e. The lowest BCUT2D eigenvalue weighted by molar-refractivity contribution is -0.120. The van der Waals surface area contributed by atoms with E-state index < -0.39 is 5.91 Å². The molecule has 2 heterocycles. The fourth-order valence-electron chi connectivity index (χ4n) is 3.11. The molecule has 29 heavy (non-hydrogen) atoms. The molecule has 3 aromatic rings. The summed E-state index contributed by atoms with van der Waals surface area (Å²) in [7, 11) is 0. The van der Waals surface area contributed by atoms with Crippen molar-refractivity contribution < 1.29 is 14.3 Å². The molecule has 0 saturated heterocycles. The maximum atomic E-state index is 13.3. The zero-order valence-electron chi connectivity index (χ0n) is 15.5. The van der Waals surface area contributed by atoms with Crippen LogP contribution in [0.4, 0.5) is 11.4 Å². The van der Waals surface area contributed by atoms with Crippen molar-refractivity contribution in [2.24, 2.45) is 0 Å². The number of amides is 2. The minimum atomic E-state index is -0.396. The molecule has 0 atom stereocenters. The number of anilines is 2. The first-order valence-electron chi connectivity index (χ1n) is 9.01. The number of halogens is 1. The number of rotatable bonds is 6. The van der Waals surface area contributed by atoms with Gasteiger partial charge in [0.2, 0.25) is 0 Å². The van der Waals surface area contributed by atoms with Crippen LogP contribution in [0.3, 0.4) is 0 Å². The van der Waals surface area contributed by atoms with Crippen LogP contribution in [0, 0.1) is 0 Å². The Morgan fingerprint density at radius 1 is 1.00 bits per heavy atom. The molecule has 0 fully saturated rings. The molecule has 7 heteroatoms. The summed E-state index contributed by atoms with van der Waals surface area (Å²) < 4.78 is 6.53. The molecular weight excluding hydrogens is 452 g/mol. The number of carbonyl (C=O) groups excluding carboxylic acids is 2. The van der Waals surface area contributed by atoms with Crippen LogP contribution >= 0.6 is 27.3 Å². The van der Waals surface area contributed by atoms with E-state index in [1.165, 1.54) is 16.2 Å². The van der Waals surface area contributed by atoms with Crippen molar-refractivity contribution in [3.8, 4) is 5.75 Å². The Morgan fingerprint density at radius 3 is 2.45 bits per heavy atom. The largest absolute Gasteiger partial charge is 0.492 e. The van der Waals surface area contributed by atoms with Crippen LogP contribution in [-0.2, 0) is 9.59 Å². The average molecular weight is 469 g/mol. The van der Waals surface area contributed by atoms with Crippen LogP contribution < -0.4 is 15.0 Å².